The maximum atomic E-state index is 11.9. The van der Waals surface area contributed by atoms with Gasteiger partial charge in [0, 0.05) is 30.6 Å². The van der Waals surface area contributed by atoms with Gasteiger partial charge in [0.05, 0.1) is 10.6 Å². The molecule has 0 unspecified atom stereocenters. The number of hydrogen-bond acceptors (Lipinski definition) is 5. The average Bonchev–Trinajstić information content (AvgIpc) is 2.99. The minimum atomic E-state index is -0.343. The average molecular weight is 345 g/mol. The number of Topliss-reactive ketones (excluding diaryl/α,β-unsaturated/α-hetero) is 2. The number of amides is 1. The highest BCUT2D eigenvalue weighted by molar-refractivity contribution is 7.14. The predicted molar refractivity (Wildman–Crippen MR) is 93.6 cm³/mol. The van der Waals surface area contributed by atoms with Crippen molar-refractivity contribution in [3.8, 4) is 5.75 Å². The Hall–Kier alpha value is -2.47. The second kappa shape index (κ2) is 8.40. The van der Waals surface area contributed by atoms with Crippen molar-refractivity contribution in [2.75, 3.05) is 5.32 Å². The fourth-order valence-corrected chi connectivity index (χ4v) is 2.97. The number of carbonyl (C=O) groups is 3. The molecule has 1 amide bonds. The molecule has 0 aliphatic rings. The van der Waals surface area contributed by atoms with E-state index in [1.807, 2.05) is 13.0 Å². The third-order valence-electron chi connectivity index (χ3n) is 3.46. The number of anilines is 1. The monoisotopic (exact) mass is 345 g/mol. The van der Waals surface area contributed by atoms with Gasteiger partial charge in [-0.3, -0.25) is 14.4 Å². The normalized spacial score (nSPS) is 10.4. The van der Waals surface area contributed by atoms with Crippen molar-refractivity contribution in [1.29, 1.82) is 0 Å². The number of benzene rings is 1. The van der Waals surface area contributed by atoms with Gasteiger partial charge in [-0.2, -0.15) is 0 Å². The third-order valence-corrected chi connectivity index (χ3v) is 4.50. The molecule has 0 radical (unpaired) electrons. The smallest absolute Gasteiger partial charge is 0.224 e. The van der Waals surface area contributed by atoms with Crippen LogP contribution in [0.5, 0.6) is 5.75 Å². The molecule has 126 valence electrons. The summed E-state index contributed by atoms with van der Waals surface area (Å²) in [6, 6.07) is 10.0. The lowest BCUT2D eigenvalue weighted by Crippen LogP contribution is -2.14. The molecule has 0 saturated heterocycles. The van der Waals surface area contributed by atoms with E-state index in [1.165, 1.54) is 17.4 Å². The van der Waals surface area contributed by atoms with Crippen LogP contribution in [0, 0.1) is 6.92 Å². The maximum Gasteiger partial charge on any atom is 0.224 e. The van der Waals surface area contributed by atoms with Crippen LogP contribution >= 0.6 is 11.3 Å². The first-order valence-electron chi connectivity index (χ1n) is 7.65. The standard InChI is InChI=1S/C18H19NO4S/c1-12-6-10-17(24-12)16(22)9-7-13(20)8-11-18(23)19-14-4-2-3-5-15(14)21/h2-6,10,21H,7-9,11H2,1H3,(H,19,23). The largest absolute Gasteiger partial charge is 0.506 e. The number of phenolic OH excluding ortho intramolecular Hbond substituents is 1. The summed E-state index contributed by atoms with van der Waals surface area (Å²) in [6.07, 6.45) is 0.412. The number of carbonyl (C=O) groups excluding carboxylic acids is 3. The van der Waals surface area contributed by atoms with E-state index in [4.69, 9.17) is 0 Å². The van der Waals surface area contributed by atoms with Crippen molar-refractivity contribution in [3.05, 3.63) is 46.2 Å². The van der Waals surface area contributed by atoms with Gasteiger partial charge in [-0.25, -0.2) is 0 Å². The van der Waals surface area contributed by atoms with E-state index in [1.54, 1.807) is 24.3 Å². The lowest BCUT2D eigenvalue weighted by molar-refractivity contribution is -0.122. The van der Waals surface area contributed by atoms with Crippen molar-refractivity contribution >= 4 is 34.5 Å². The summed E-state index contributed by atoms with van der Waals surface area (Å²) in [4.78, 5) is 37.3. The number of phenols is 1. The van der Waals surface area contributed by atoms with Crippen LogP contribution in [0.1, 0.15) is 40.2 Å². The van der Waals surface area contributed by atoms with Crippen LogP contribution in [0.3, 0.4) is 0 Å². The summed E-state index contributed by atoms with van der Waals surface area (Å²) >= 11 is 1.42. The van der Waals surface area contributed by atoms with E-state index >= 15 is 0 Å². The van der Waals surface area contributed by atoms with Crippen molar-refractivity contribution in [3.63, 3.8) is 0 Å². The molecule has 2 rings (SSSR count). The number of para-hydroxylation sites is 2. The zero-order valence-corrected chi connectivity index (χ0v) is 14.2. The van der Waals surface area contributed by atoms with Gasteiger partial charge in [0.1, 0.15) is 11.5 Å². The molecule has 24 heavy (non-hydrogen) atoms. The Morgan fingerprint density at radius 2 is 1.71 bits per heavy atom. The SMILES string of the molecule is Cc1ccc(C(=O)CCC(=O)CCC(=O)Nc2ccccc2O)s1. The summed E-state index contributed by atoms with van der Waals surface area (Å²) in [5, 5.41) is 12.1. The molecule has 0 spiro atoms. The van der Waals surface area contributed by atoms with Crippen molar-refractivity contribution in [1.82, 2.24) is 0 Å². The number of ketones is 2. The van der Waals surface area contributed by atoms with Crippen LogP contribution in [0.25, 0.3) is 0 Å². The van der Waals surface area contributed by atoms with E-state index < -0.39 is 0 Å². The lowest BCUT2D eigenvalue weighted by Gasteiger charge is -2.06. The first-order chi connectivity index (χ1) is 11.5. The first kappa shape index (κ1) is 17.9. The molecule has 1 aromatic carbocycles. The molecule has 0 aliphatic carbocycles. The second-order valence-corrected chi connectivity index (χ2v) is 6.73. The second-order valence-electron chi connectivity index (χ2n) is 5.44. The highest BCUT2D eigenvalue weighted by Crippen LogP contribution is 2.22. The molecule has 1 heterocycles. The summed E-state index contributed by atoms with van der Waals surface area (Å²) in [7, 11) is 0. The molecule has 0 atom stereocenters. The molecule has 2 N–H and O–H groups in total. The Bertz CT molecular complexity index is 751. The van der Waals surface area contributed by atoms with E-state index in [-0.39, 0.29) is 48.9 Å². The quantitative estimate of drug-likeness (QED) is 0.564. The van der Waals surface area contributed by atoms with Gasteiger partial charge in [-0.05, 0) is 31.2 Å². The number of rotatable bonds is 8. The maximum absolute atomic E-state index is 11.9. The molecule has 0 saturated carbocycles. The number of aryl methyl sites for hydroxylation is 1. The molecule has 0 fully saturated rings. The minimum absolute atomic E-state index is 0.0194. The van der Waals surface area contributed by atoms with E-state index in [0.29, 0.717) is 10.6 Å². The van der Waals surface area contributed by atoms with Crippen LogP contribution in [-0.4, -0.2) is 22.6 Å². The number of thiophene rings is 1. The third kappa shape index (κ3) is 5.31. The highest BCUT2D eigenvalue weighted by Gasteiger charge is 2.13. The topological polar surface area (TPSA) is 83.5 Å². The van der Waals surface area contributed by atoms with Crippen LogP contribution in [0.4, 0.5) is 5.69 Å². The Balaban J connectivity index is 1.72. The van der Waals surface area contributed by atoms with Crippen LogP contribution in [0.2, 0.25) is 0 Å². The van der Waals surface area contributed by atoms with Crippen LogP contribution < -0.4 is 5.32 Å². The van der Waals surface area contributed by atoms with E-state index in [0.717, 1.165) is 4.88 Å². The Morgan fingerprint density at radius 3 is 2.38 bits per heavy atom. The molecule has 2 aromatic rings. The molecular weight excluding hydrogens is 326 g/mol. The number of hydrogen-bond donors (Lipinski definition) is 2. The molecule has 0 bridgehead atoms. The van der Waals surface area contributed by atoms with Crippen molar-refractivity contribution in [2.24, 2.45) is 0 Å². The van der Waals surface area contributed by atoms with Crippen LogP contribution in [0.15, 0.2) is 36.4 Å². The van der Waals surface area contributed by atoms with Gasteiger partial charge in [-0.15, -0.1) is 11.3 Å². The minimum Gasteiger partial charge on any atom is -0.506 e. The molecule has 5 nitrogen and oxygen atoms in total. The summed E-state index contributed by atoms with van der Waals surface area (Å²) in [5.74, 6) is -0.525. The van der Waals surface area contributed by atoms with Crippen LogP contribution in [-0.2, 0) is 9.59 Å². The zero-order chi connectivity index (χ0) is 17.5. The number of aromatic hydroxyl groups is 1. The molecule has 6 heteroatoms. The molecule has 0 aliphatic heterocycles. The van der Waals surface area contributed by atoms with E-state index in [2.05, 4.69) is 5.32 Å². The predicted octanol–water partition coefficient (Wildman–Crippen LogP) is 3.71. The molecule has 1 aromatic heterocycles. The van der Waals surface area contributed by atoms with Crippen molar-refractivity contribution in [2.45, 2.75) is 32.6 Å². The van der Waals surface area contributed by atoms with Gasteiger partial charge in [-0.1, -0.05) is 12.1 Å². The van der Waals surface area contributed by atoms with Crippen molar-refractivity contribution < 1.29 is 19.5 Å². The molecular formula is C18H19NO4S. The fraction of sp³-hybridized carbons (Fsp3) is 0.278. The Morgan fingerprint density at radius 1 is 1.00 bits per heavy atom. The Labute approximate surface area is 144 Å². The van der Waals surface area contributed by atoms with Gasteiger partial charge in [0.15, 0.2) is 5.78 Å². The number of nitrogens with one attached hydrogen (secondary N) is 1. The van der Waals surface area contributed by atoms with Gasteiger partial charge in [0.2, 0.25) is 5.91 Å². The van der Waals surface area contributed by atoms with Gasteiger partial charge in [0.25, 0.3) is 0 Å². The summed E-state index contributed by atoms with van der Waals surface area (Å²) in [6.45, 7) is 1.93. The van der Waals surface area contributed by atoms with Gasteiger partial charge >= 0.3 is 0 Å². The summed E-state index contributed by atoms with van der Waals surface area (Å²) in [5.41, 5.74) is 0.318. The Kier molecular flexibility index (Phi) is 6.26. The highest BCUT2D eigenvalue weighted by atomic mass is 32.1. The first-order valence-corrected chi connectivity index (χ1v) is 8.46. The van der Waals surface area contributed by atoms with E-state index in [9.17, 15) is 19.5 Å². The lowest BCUT2D eigenvalue weighted by atomic mass is 10.1. The zero-order valence-electron chi connectivity index (χ0n) is 13.4. The fourth-order valence-electron chi connectivity index (χ4n) is 2.13. The summed E-state index contributed by atoms with van der Waals surface area (Å²) < 4.78 is 0. The van der Waals surface area contributed by atoms with Gasteiger partial charge < -0.3 is 10.4 Å².